The number of carboxylic acid groups (broad SMARTS) is 1. The van der Waals surface area contributed by atoms with E-state index in [1.807, 2.05) is 0 Å². The molecule has 0 spiro atoms. The molecule has 0 aromatic carbocycles. The molecule has 1 heterocycles. The highest BCUT2D eigenvalue weighted by Crippen LogP contribution is 2.43. The van der Waals surface area contributed by atoms with E-state index in [0.29, 0.717) is 0 Å². The van der Waals surface area contributed by atoms with Crippen molar-refractivity contribution in [3.63, 3.8) is 0 Å². The smallest absolute Gasteiger partial charge is 0.290 e. The summed E-state index contributed by atoms with van der Waals surface area (Å²) >= 11 is 0. The van der Waals surface area contributed by atoms with Gasteiger partial charge in [0.25, 0.3) is 6.47 Å². The van der Waals surface area contributed by atoms with Crippen LogP contribution in [0, 0.1) is 11.8 Å². The predicted octanol–water partition coefficient (Wildman–Crippen LogP) is 0.354. The molecule has 0 aromatic rings. The lowest BCUT2D eigenvalue weighted by molar-refractivity contribution is -0.122. The predicted molar refractivity (Wildman–Crippen MR) is 31.1 cm³/mol. The van der Waals surface area contributed by atoms with Crippen LogP contribution in [0.15, 0.2) is 0 Å². The first-order chi connectivity index (χ1) is 4.38. The van der Waals surface area contributed by atoms with Crippen molar-refractivity contribution in [2.24, 2.45) is 11.8 Å². The molecule has 1 aliphatic heterocycles. The van der Waals surface area contributed by atoms with Gasteiger partial charge in [-0.3, -0.25) is 4.79 Å². The molecule has 2 aliphatic rings. The summed E-state index contributed by atoms with van der Waals surface area (Å²) in [5.41, 5.74) is 0. The Kier molecular flexibility index (Phi) is 2.05. The molecule has 0 bridgehead atoms. The minimum absolute atomic E-state index is 0.250. The normalized spacial score (nSPS) is 36.0. The van der Waals surface area contributed by atoms with Crippen LogP contribution in [0.25, 0.3) is 0 Å². The van der Waals surface area contributed by atoms with Crippen molar-refractivity contribution in [3.8, 4) is 0 Å². The van der Waals surface area contributed by atoms with Gasteiger partial charge in [0.1, 0.15) is 0 Å². The van der Waals surface area contributed by atoms with E-state index < -0.39 is 0 Å². The molecule has 1 saturated carbocycles. The number of ether oxygens (including phenoxy) is 1. The molecule has 1 aliphatic carbocycles. The molecule has 1 N–H and O–H groups in total. The van der Waals surface area contributed by atoms with Crippen LogP contribution >= 0.6 is 0 Å². The van der Waals surface area contributed by atoms with Gasteiger partial charge in [-0.25, -0.2) is 0 Å². The summed E-state index contributed by atoms with van der Waals surface area (Å²) in [5, 5.41) is 6.89. The molecule has 2 fully saturated rings. The van der Waals surface area contributed by atoms with Crippen LogP contribution in [0.4, 0.5) is 0 Å². The second-order valence-corrected chi connectivity index (χ2v) is 2.40. The van der Waals surface area contributed by atoms with Crippen LogP contribution in [-0.4, -0.2) is 24.8 Å². The third-order valence-electron chi connectivity index (χ3n) is 1.73. The van der Waals surface area contributed by atoms with Crippen LogP contribution in [0.3, 0.4) is 0 Å². The lowest BCUT2D eigenvalue weighted by Gasteiger charge is -1.87. The van der Waals surface area contributed by atoms with Gasteiger partial charge in [0.05, 0.1) is 0 Å². The Hall–Kier alpha value is -0.570. The molecule has 2 atom stereocenters. The first-order valence-corrected chi connectivity index (χ1v) is 3.04. The first kappa shape index (κ1) is 6.55. The Morgan fingerprint density at radius 1 is 1.44 bits per heavy atom. The van der Waals surface area contributed by atoms with Gasteiger partial charge >= 0.3 is 0 Å². The number of fused-ring (bicyclic) bond motifs is 1. The largest absolute Gasteiger partial charge is 0.483 e. The molecule has 0 amide bonds. The van der Waals surface area contributed by atoms with Crippen LogP contribution in [0.5, 0.6) is 0 Å². The van der Waals surface area contributed by atoms with Crippen molar-refractivity contribution >= 4 is 6.47 Å². The van der Waals surface area contributed by atoms with Gasteiger partial charge in [0.2, 0.25) is 0 Å². The fourth-order valence-electron chi connectivity index (χ4n) is 1.09. The van der Waals surface area contributed by atoms with Crippen LogP contribution < -0.4 is 0 Å². The third-order valence-corrected chi connectivity index (χ3v) is 1.73. The minimum atomic E-state index is -0.250. The maximum Gasteiger partial charge on any atom is 0.290 e. The quantitative estimate of drug-likeness (QED) is 0.481. The Bertz CT molecular complexity index is 94.5. The topological polar surface area (TPSA) is 46.5 Å². The fourth-order valence-corrected chi connectivity index (χ4v) is 1.09. The van der Waals surface area contributed by atoms with Crippen LogP contribution in [-0.2, 0) is 9.53 Å². The van der Waals surface area contributed by atoms with Gasteiger partial charge in [-0.05, 0) is 18.3 Å². The van der Waals surface area contributed by atoms with E-state index in [1.165, 1.54) is 6.42 Å². The highest BCUT2D eigenvalue weighted by Gasteiger charge is 2.41. The number of carbonyl (C=O) groups is 1. The average Bonchev–Trinajstić information content (AvgIpc) is 2.43. The molecule has 2 unspecified atom stereocenters. The lowest BCUT2D eigenvalue weighted by Crippen LogP contribution is -1.86. The number of hydrogen-bond donors (Lipinski definition) is 1. The van der Waals surface area contributed by atoms with Gasteiger partial charge in [-0.15, -0.1) is 0 Å². The zero-order valence-electron chi connectivity index (χ0n) is 5.12. The lowest BCUT2D eigenvalue weighted by atomic mass is 10.4. The monoisotopic (exact) mass is 130 g/mol. The molecule has 0 radical (unpaired) electrons. The van der Waals surface area contributed by atoms with Gasteiger partial charge in [-0.2, -0.15) is 0 Å². The van der Waals surface area contributed by atoms with E-state index in [-0.39, 0.29) is 6.47 Å². The minimum Gasteiger partial charge on any atom is -0.483 e. The van der Waals surface area contributed by atoms with E-state index >= 15 is 0 Å². The highest BCUT2D eigenvalue weighted by molar-refractivity contribution is 5.32. The van der Waals surface area contributed by atoms with Crippen LogP contribution in [0.1, 0.15) is 6.42 Å². The van der Waals surface area contributed by atoms with E-state index in [1.54, 1.807) is 0 Å². The van der Waals surface area contributed by atoms with Crippen molar-refractivity contribution in [3.05, 3.63) is 0 Å². The van der Waals surface area contributed by atoms with Crippen LogP contribution in [0.2, 0.25) is 0 Å². The highest BCUT2D eigenvalue weighted by atomic mass is 16.5. The van der Waals surface area contributed by atoms with Crippen molar-refractivity contribution in [2.75, 3.05) is 13.2 Å². The van der Waals surface area contributed by atoms with Gasteiger partial charge in [0.15, 0.2) is 0 Å². The first-order valence-electron chi connectivity index (χ1n) is 3.04. The SMILES string of the molecule is C1OCC2CC12.O=CO. The Labute approximate surface area is 53.6 Å². The molecule has 2 rings (SSSR count). The summed E-state index contributed by atoms with van der Waals surface area (Å²) < 4.78 is 5.11. The van der Waals surface area contributed by atoms with Gasteiger partial charge in [0, 0.05) is 13.2 Å². The van der Waals surface area contributed by atoms with E-state index in [4.69, 9.17) is 14.6 Å². The number of rotatable bonds is 0. The maximum absolute atomic E-state index is 8.36. The Morgan fingerprint density at radius 2 is 1.89 bits per heavy atom. The van der Waals surface area contributed by atoms with Gasteiger partial charge < -0.3 is 9.84 Å². The molecule has 0 aromatic heterocycles. The summed E-state index contributed by atoms with van der Waals surface area (Å²) in [7, 11) is 0. The summed E-state index contributed by atoms with van der Waals surface area (Å²) in [4.78, 5) is 8.36. The molecule has 1 saturated heterocycles. The van der Waals surface area contributed by atoms with E-state index in [0.717, 1.165) is 25.0 Å². The molecule has 52 valence electrons. The molecule has 3 nitrogen and oxygen atoms in total. The Morgan fingerprint density at radius 3 is 2.00 bits per heavy atom. The molecular formula is C6H10O3. The second kappa shape index (κ2) is 2.82. The summed E-state index contributed by atoms with van der Waals surface area (Å²) in [6.07, 6.45) is 1.46. The summed E-state index contributed by atoms with van der Waals surface area (Å²) in [6, 6.07) is 0. The summed E-state index contributed by atoms with van der Waals surface area (Å²) in [5.74, 6) is 1.98. The van der Waals surface area contributed by atoms with Crippen molar-refractivity contribution in [1.82, 2.24) is 0 Å². The second-order valence-electron chi connectivity index (χ2n) is 2.40. The third kappa shape index (κ3) is 1.68. The fraction of sp³-hybridized carbons (Fsp3) is 0.833. The average molecular weight is 130 g/mol. The number of hydrogen-bond acceptors (Lipinski definition) is 2. The van der Waals surface area contributed by atoms with Gasteiger partial charge in [-0.1, -0.05) is 0 Å². The van der Waals surface area contributed by atoms with E-state index in [9.17, 15) is 0 Å². The zero-order chi connectivity index (χ0) is 6.69. The standard InChI is InChI=1S/C5H8O.CH2O2/c1-4-2-6-3-5(1)4;2-1-3/h4-5H,1-3H2;1H,(H,2,3). The van der Waals surface area contributed by atoms with E-state index in [2.05, 4.69) is 0 Å². The maximum atomic E-state index is 8.36. The Balaban J connectivity index is 0.000000120. The molecule has 9 heavy (non-hydrogen) atoms. The molecular weight excluding hydrogens is 120 g/mol. The molecule has 3 heteroatoms. The van der Waals surface area contributed by atoms with Crippen molar-refractivity contribution in [1.29, 1.82) is 0 Å². The van der Waals surface area contributed by atoms with Crippen molar-refractivity contribution in [2.45, 2.75) is 6.42 Å². The summed E-state index contributed by atoms with van der Waals surface area (Å²) in [6.45, 7) is 1.87. The van der Waals surface area contributed by atoms with Crippen molar-refractivity contribution < 1.29 is 14.6 Å². The zero-order valence-corrected chi connectivity index (χ0v) is 5.12.